The number of hydrogen-bond acceptors (Lipinski definition) is 5. The van der Waals surface area contributed by atoms with Gasteiger partial charge in [-0.15, -0.1) is 0 Å². The van der Waals surface area contributed by atoms with Crippen LogP contribution in [0.25, 0.3) is 0 Å². The van der Waals surface area contributed by atoms with Crippen LogP contribution in [0.2, 0.25) is 0 Å². The van der Waals surface area contributed by atoms with E-state index >= 15 is 0 Å². The minimum absolute atomic E-state index is 0.0350. The summed E-state index contributed by atoms with van der Waals surface area (Å²) in [6.07, 6.45) is 2.29. The number of hydrazine groups is 1. The summed E-state index contributed by atoms with van der Waals surface area (Å²) in [5.74, 6) is -0.161. The van der Waals surface area contributed by atoms with Gasteiger partial charge in [0.15, 0.2) is 0 Å². The monoisotopic (exact) mass is 360 g/mol. The number of fused-ring (bicyclic) bond motifs is 1. The van der Waals surface area contributed by atoms with E-state index in [1.807, 2.05) is 23.1 Å². The molecule has 0 aromatic heterocycles. The van der Waals surface area contributed by atoms with E-state index in [-0.39, 0.29) is 6.54 Å². The minimum Gasteiger partial charge on any atom is -0.495 e. The van der Waals surface area contributed by atoms with Gasteiger partial charge in [-0.2, -0.15) is 5.01 Å². The van der Waals surface area contributed by atoms with Gasteiger partial charge in [0.25, 0.3) is 11.8 Å². The molecule has 8 heteroatoms. The topological polar surface area (TPSA) is 91.0 Å². The number of para-hydroxylation sites is 1. The van der Waals surface area contributed by atoms with Crippen LogP contribution in [-0.4, -0.2) is 48.6 Å². The normalized spacial score (nSPS) is 22.1. The van der Waals surface area contributed by atoms with Crippen molar-refractivity contribution in [3.8, 4) is 5.75 Å². The van der Waals surface area contributed by atoms with E-state index < -0.39 is 23.4 Å². The van der Waals surface area contributed by atoms with Crippen LogP contribution in [0.1, 0.15) is 32.3 Å². The first-order chi connectivity index (χ1) is 12.4. The van der Waals surface area contributed by atoms with Gasteiger partial charge in [-0.1, -0.05) is 19.1 Å². The Morgan fingerprint density at radius 2 is 2.15 bits per heavy atom. The SMILES string of the molecule is CCC1(C)NC(=O)N(NC(=O)CN2CCCc3cccc(OC)c32)C1=O. The smallest absolute Gasteiger partial charge is 0.344 e. The molecule has 1 aromatic carbocycles. The number of methoxy groups -OCH3 is 1. The van der Waals surface area contributed by atoms with Gasteiger partial charge in [0, 0.05) is 6.54 Å². The summed E-state index contributed by atoms with van der Waals surface area (Å²) in [6, 6.07) is 5.20. The summed E-state index contributed by atoms with van der Waals surface area (Å²) in [6.45, 7) is 4.19. The van der Waals surface area contributed by atoms with Crippen molar-refractivity contribution in [3.05, 3.63) is 23.8 Å². The van der Waals surface area contributed by atoms with Crippen molar-refractivity contribution in [3.63, 3.8) is 0 Å². The van der Waals surface area contributed by atoms with Crippen LogP contribution in [0, 0.1) is 0 Å². The molecule has 1 aromatic rings. The Bertz CT molecular complexity index is 736. The van der Waals surface area contributed by atoms with Gasteiger partial charge >= 0.3 is 6.03 Å². The zero-order valence-corrected chi connectivity index (χ0v) is 15.3. The summed E-state index contributed by atoms with van der Waals surface area (Å²) in [5, 5.41) is 3.39. The molecule has 2 aliphatic rings. The Morgan fingerprint density at radius 1 is 1.38 bits per heavy atom. The molecular weight excluding hydrogens is 336 g/mol. The molecule has 0 spiro atoms. The zero-order valence-electron chi connectivity index (χ0n) is 15.3. The second-order valence-electron chi connectivity index (χ2n) is 6.78. The summed E-state index contributed by atoms with van der Waals surface area (Å²) in [5.41, 5.74) is 3.47. The average Bonchev–Trinajstić information content (AvgIpc) is 2.85. The standard InChI is InChI=1S/C18H24N4O4/c1-4-18(2)16(24)22(17(25)19-18)20-14(23)11-21-10-6-8-12-7-5-9-13(26-3)15(12)21/h5,7,9H,4,6,8,10-11H2,1-3H3,(H,19,25)(H,20,23). The molecular formula is C18H24N4O4. The van der Waals surface area contributed by atoms with E-state index in [0.717, 1.165) is 29.1 Å². The molecule has 1 atom stereocenters. The lowest BCUT2D eigenvalue weighted by Gasteiger charge is -2.32. The second-order valence-corrected chi connectivity index (χ2v) is 6.78. The molecule has 4 amide bonds. The first-order valence-corrected chi connectivity index (χ1v) is 8.76. The third-order valence-corrected chi connectivity index (χ3v) is 5.03. The van der Waals surface area contributed by atoms with Crippen molar-refractivity contribution in [2.45, 2.75) is 38.6 Å². The molecule has 0 aliphatic carbocycles. The van der Waals surface area contributed by atoms with Gasteiger partial charge in [0.2, 0.25) is 0 Å². The minimum atomic E-state index is -0.981. The van der Waals surface area contributed by atoms with Crippen LogP contribution in [0.3, 0.4) is 0 Å². The molecule has 2 aliphatic heterocycles. The number of imide groups is 1. The Balaban J connectivity index is 1.73. The number of ether oxygens (including phenoxy) is 1. The number of anilines is 1. The van der Waals surface area contributed by atoms with E-state index in [0.29, 0.717) is 18.7 Å². The van der Waals surface area contributed by atoms with E-state index in [1.165, 1.54) is 0 Å². The first kappa shape index (κ1) is 18.0. The fraction of sp³-hybridized carbons (Fsp3) is 0.500. The maximum Gasteiger partial charge on any atom is 0.344 e. The predicted molar refractivity (Wildman–Crippen MR) is 95.7 cm³/mol. The molecule has 2 N–H and O–H groups in total. The number of rotatable bonds is 5. The molecule has 1 fully saturated rings. The van der Waals surface area contributed by atoms with Gasteiger partial charge in [-0.25, -0.2) is 4.79 Å². The average molecular weight is 360 g/mol. The fourth-order valence-electron chi connectivity index (χ4n) is 3.38. The van der Waals surface area contributed by atoms with E-state index in [4.69, 9.17) is 4.74 Å². The number of hydrogen-bond donors (Lipinski definition) is 2. The predicted octanol–water partition coefficient (Wildman–Crippen LogP) is 1.20. The zero-order chi connectivity index (χ0) is 18.9. The Kier molecular flexibility index (Phi) is 4.76. The molecule has 26 heavy (non-hydrogen) atoms. The summed E-state index contributed by atoms with van der Waals surface area (Å²) in [7, 11) is 1.60. The summed E-state index contributed by atoms with van der Waals surface area (Å²) < 4.78 is 5.43. The Hall–Kier alpha value is -2.77. The van der Waals surface area contributed by atoms with E-state index in [1.54, 1.807) is 21.0 Å². The van der Waals surface area contributed by atoms with Gasteiger partial charge in [-0.3, -0.25) is 15.0 Å². The molecule has 1 unspecified atom stereocenters. The van der Waals surface area contributed by atoms with Crippen molar-refractivity contribution < 1.29 is 19.1 Å². The van der Waals surface area contributed by atoms with Crippen molar-refractivity contribution >= 4 is 23.5 Å². The Morgan fingerprint density at radius 3 is 2.81 bits per heavy atom. The molecule has 3 rings (SSSR count). The lowest BCUT2D eigenvalue weighted by atomic mass is 10.00. The lowest BCUT2D eigenvalue weighted by molar-refractivity contribution is -0.138. The molecule has 0 radical (unpaired) electrons. The van der Waals surface area contributed by atoms with Crippen LogP contribution in [0.5, 0.6) is 5.75 Å². The highest BCUT2D eigenvalue weighted by atomic mass is 16.5. The number of nitrogens with one attached hydrogen (secondary N) is 2. The third kappa shape index (κ3) is 3.07. The van der Waals surface area contributed by atoms with Crippen LogP contribution in [0.15, 0.2) is 18.2 Å². The quantitative estimate of drug-likeness (QED) is 0.770. The number of carbonyl (C=O) groups is 3. The Labute approximate surface area is 152 Å². The van der Waals surface area contributed by atoms with E-state index in [9.17, 15) is 14.4 Å². The fourth-order valence-corrected chi connectivity index (χ4v) is 3.38. The number of benzene rings is 1. The molecule has 2 heterocycles. The van der Waals surface area contributed by atoms with Crippen molar-refractivity contribution in [2.24, 2.45) is 0 Å². The molecule has 8 nitrogen and oxygen atoms in total. The number of amides is 4. The maximum absolute atomic E-state index is 12.5. The van der Waals surface area contributed by atoms with Crippen molar-refractivity contribution in [1.82, 2.24) is 15.8 Å². The van der Waals surface area contributed by atoms with E-state index in [2.05, 4.69) is 10.7 Å². The van der Waals surface area contributed by atoms with Crippen LogP contribution >= 0.6 is 0 Å². The molecule has 140 valence electrons. The van der Waals surface area contributed by atoms with Crippen LogP contribution < -0.4 is 20.4 Å². The third-order valence-electron chi connectivity index (χ3n) is 5.03. The van der Waals surface area contributed by atoms with Crippen molar-refractivity contribution in [2.75, 3.05) is 25.1 Å². The van der Waals surface area contributed by atoms with Gasteiger partial charge in [0.1, 0.15) is 11.3 Å². The number of nitrogens with zero attached hydrogens (tertiary/aromatic N) is 2. The maximum atomic E-state index is 12.5. The number of carbonyl (C=O) groups excluding carboxylic acids is 3. The highest BCUT2D eigenvalue weighted by Gasteiger charge is 2.47. The van der Waals surface area contributed by atoms with Gasteiger partial charge < -0.3 is 15.0 Å². The first-order valence-electron chi connectivity index (χ1n) is 8.76. The molecule has 0 bridgehead atoms. The number of aryl methyl sites for hydroxylation is 1. The van der Waals surface area contributed by atoms with Crippen LogP contribution in [-0.2, 0) is 16.0 Å². The highest BCUT2D eigenvalue weighted by molar-refractivity contribution is 6.07. The molecule has 1 saturated heterocycles. The molecule has 0 saturated carbocycles. The lowest BCUT2D eigenvalue weighted by Crippen LogP contribution is -2.51. The largest absolute Gasteiger partial charge is 0.495 e. The van der Waals surface area contributed by atoms with Crippen LogP contribution in [0.4, 0.5) is 10.5 Å². The summed E-state index contributed by atoms with van der Waals surface area (Å²) >= 11 is 0. The van der Waals surface area contributed by atoms with Gasteiger partial charge in [-0.05, 0) is 37.8 Å². The number of urea groups is 1. The summed E-state index contributed by atoms with van der Waals surface area (Å²) in [4.78, 5) is 38.8. The van der Waals surface area contributed by atoms with Gasteiger partial charge in [0.05, 0.1) is 19.3 Å². The second kappa shape index (κ2) is 6.86. The highest BCUT2D eigenvalue weighted by Crippen LogP contribution is 2.35. The van der Waals surface area contributed by atoms with Crippen molar-refractivity contribution in [1.29, 1.82) is 0 Å².